The summed E-state index contributed by atoms with van der Waals surface area (Å²) in [4.78, 5) is 0. The molecule has 0 spiro atoms. The van der Waals surface area contributed by atoms with Crippen LogP contribution in [0.1, 0.15) is 0 Å². The van der Waals surface area contributed by atoms with E-state index in [0.29, 0.717) is 52.9 Å². The van der Waals surface area contributed by atoms with E-state index in [-0.39, 0.29) is 79.3 Å². The molecule has 0 aromatic rings. The SMILES string of the molecule is [CH2-]OCC(O)COCCO.[CH2-]OCC(O)COCCO.[CH2-]OCC(O)COCCOCCOCCOCCOCC(O)CO[CH2-].[Rf].[Rf]. The van der Waals surface area contributed by atoms with E-state index < -0.39 is 24.4 Å². The van der Waals surface area contributed by atoms with Crippen molar-refractivity contribution in [3.8, 4) is 0 Å². The number of hydrogen-bond acceptors (Lipinski definition) is 17. The van der Waals surface area contributed by atoms with E-state index in [4.69, 9.17) is 53.6 Å². The zero-order valence-corrected chi connectivity index (χ0v) is 40.7. The largest absolute Gasteiger partial charge is 0.553 e. The molecule has 0 saturated carbocycles. The Morgan fingerprint density at radius 2 is 0.511 bits per heavy atom. The van der Waals surface area contributed by atoms with Gasteiger partial charge in [-0.05, 0) is 0 Å². The molecule has 17 nitrogen and oxygen atoms in total. The van der Waals surface area contributed by atoms with Gasteiger partial charge in [-0.15, -0.1) is 0 Å². The number of ether oxygens (including phenoxy) is 11. The molecule has 0 aliphatic heterocycles. The molecular formula is C28H58O17Rf2-4. The van der Waals surface area contributed by atoms with E-state index in [1.165, 1.54) is 0 Å². The van der Waals surface area contributed by atoms with Crippen molar-refractivity contribution in [2.75, 3.05) is 132 Å². The van der Waals surface area contributed by atoms with Crippen molar-refractivity contribution in [1.29, 1.82) is 0 Å². The van der Waals surface area contributed by atoms with Gasteiger partial charge >= 0.3 is 0 Å². The summed E-state index contributed by atoms with van der Waals surface area (Å²) < 4.78 is 53.7. The number of aliphatic hydroxyl groups excluding tert-OH is 6. The van der Waals surface area contributed by atoms with Crippen molar-refractivity contribution >= 4 is 0 Å². The fraction of sp³-hybridized carbons (Fsp3) is 0.857. The van der Waals surface area contributed by atoms with Gasteiger partial charge in [-0.25, -0.2) is 28.4 Å². The predicted octanol–water partition coefficient (Wildman–Crippen LogP) is -2.26. The van der Waals surface area contributed by atoms with E-state index in [1.807, 2.05) is 0 Å². The van der Waals surface area contributed by atoms with E-state index >= 15 is 0 Å². The molecule has 280 valence electrons. The zero-order valence-electron chi connectivity index (χ0n) is 27.9. The third-order valence-electron chi connectivity index (χ3n) is 4.44. The summed E-state index contributed by atoms with van der Waals surface area (Å²) in [7, 11) is 12.5. The quantitative estimate of drug-likeness (QED) is 0.0309. The van der Waals surface area contributed by atoms with E-state index in [1.54, 1.807) is 0 Å². The maximum atomic E-state index is 9.30. The maximum absolute atomic E-state index is 9.30. The summed E-state index contributed by atoms with van der Waals surface area (Å²) in [6, 6.07) is 0. The van der Waals surface area contributed by atoms with Crippen molar-refractivity contribution in [2.24, 2.45) is 0 Å². The van der Waals surface area contributed by atoms with Gasteiger partial charge < -0.3 is 82.7 Å². The average molecular weight is 1200 g/mol. The Labute approximate surface area is 268 Å². The Balaban J connectivity index is -0.000000221. The van der Waals surface area contributed by atoms with Crippen LogP contribution in [-0.4, -0.2) is 187 Å². The normalized spacial score (nSPS) is 13.1. The molecule has 0 aliphatic carbocycles. The summed E-state index contributed by atoms with van der Waals surface area (Å²) in [5.74, 6) is 0. The molecule has 4 atom stereocenters. The minimum Gasteiger partial charge on any atom is -0.553 e. The first-order chi connectivity index (χ1) is 21.8. The van der Waals surface area contributed by atoms with Crippen LogP contribution in [0, 0.1) is 28.4 Å². The summed E-state index contributed by atoms with van der Waals surface area (Å²) in [5.41, 5.74) is 0. The predicted molar refractivity (Wildman–Crippen MR) is 159 cm³/mol. The van der Waals surface area contributed by atoms with Crippen LogP contribution >= 0.6 is 0 Å². The Kier molecular flexibility index (Phi) is 54.6. The second-order valence-corrected chi connectivity index (χ2v) is 8.68. The number of hydrogen-bond donors (Lipinski definition) is 6. The molecule has 0 radical (unpaired) electrons. The smallest absolute Gasteiger partial charge is 0.0976 e. The third kappa shape index (κ3) is 53.1. The van der Waals surface area contributed by atoms with Crippen LogP contribution in [-0.2, 0) is 52.1 Å². The van der Waals surface area contributed by atoms with Crippen LogP contribution in [0.3, 0.4) is 0 Å². The van der Waals surface area contributed by atoms with Gasteiger partial charge in [0.1, 0.15) is 0 Å². The fourth-order valence-corrected chi connectivity index (χ4v) is 2.52. The fourth-order valence-electron chi connectivity index (χ4n) is 2.52. The molecule has 0 heterocycles. The molecule has 0 aromatic heterocycles. The molecule has 0 rings (SSSR count). The van der Waals surface area contributed by atoms with E-state index in [2.05, 4.69) is 47.4 Å². The van der Waals surface area contributed by atoms with Gasteiger partial charge in [0.05, 0.1) is 130 Å². The summed E-state index contributed by atoms with van der Waals surface area (Å²) in [6.45, 7) is 5.29. The van der Waals surface area contributed by atoms with Crippen molar-refractivity contribution in [3.05, 3.63) is 28.4 Å². The van der Waals surface area contributed by atoms with E-state index in [0.717, 1.165) is 0 Å². The van der Waals surface area contributed by atoms with Crippen molar-refractivity contribution in [2.45, 2.75) is 24.4 Å². The first-order valence-electron chi connectivity index (χ1n) is 14.3. The Hall–Kier alpha value is -2.68. The number of rotatable bonds is 32. The van der Waals surface area contributed by atoms with E-state index in [9.17, 15) is 10.2 Å². The molecule has 0 saturated heterocycles. The van der Waals surface area contributed by atoms with Gasteiger partial charge in [0.2, 0.25) is 0 Å². The summed E-state index contributed by atoms with van der Waals surface area (Å²) in [5, 5.41) is 52.9. The Morgan fingerprint density at radius 3 is 0.702 bits per heavy atom. The first kappa shape index (κ1) is 53.8. The minimum absolute atomic E-state index is 0. The zero-order chi connectivity index (χ0) is 34.2. The Bertz CT molecular complexity index is 480. The van der Waals surface area contributed by atoms with Crippen LogP contribution in [0.2, 0.25) is 0 Å². The molecule has 0 amide bonds. The minimum atomic E-state index is -0.668. The third-order valence-corrected chi connectivity index (χ3v) is 4.44. The molecule has 4 unspecified atom stereocenters. The van der Waals surface area contributed by atoms with Gasteiger partial charge in [0.25, 0.3) is 0 Å². The molecule has 0 aliphatic rings. The molecule has 47 heavy (non-hydrogen) atoms. The molecular weight excluding hydrogens is 1140 g/mol. The van der Waals surface area contributed by atoms with Crippen LogP contribution < -0.4 is 0 Å². The number of aliphatic hydroxyl groups is 6. The molecule has 6 N–H and O–H groups in total. The van der Waals surface area contributed by atoms with Gasteiger partial charge in [-0.1, -0.05) is 0 Å². The first-order valence-corrected chi connectivity index (χ1v) is 14.3. The molecule has 19 heteroatoms. The Morgan fingerprint density at radius 1 is 0.319 bits per heavy atom. The van der Waals surface area contributed by atoms with Crippen molar-refractivity contribution in [1.82, 2.24) is 0 Å². The van der Waals surface area contributed by atoms with Gasteiger partial charge in [-0.3, -0.25) is 0 Å². The standard InChI is InChI=1S/C16H32O9.2C6H13O4.2Rf/c1-19-11-15(17)13-24-9-7-22-5-3-21-4-6-23-8-10-25-14-16(18)12-20-2;2*1-9-4-6(8)5-10-3-2-7;;/h15-18H,1-14H2;2*6-8H,1-5H2;;/q-2;2*-1;;. The van der Waals surface area contributed by atoms with Gasteiger partial charge in [0.15, 0.2) is 0 Å². The van der Waals surface area contributed by atoms with Crippen LogP contribution in [0.4, 0.5) is 0 Å². The summed E-state index contributed by atoms with van der Waals surface area (Å²) in [6.07, 6.45) is -2.63. The van der Waals surface area contributed by atoms with Crippen LogP contribution in [0.5, 0.6) is 0 Å². The van der Waals surface area contributed by atoms with Crippen molar-refractivity contribution in [3.63, 3.8) is 0 Å². The maximum Gasteiger partial charge on any atom is 0.0976 e. The molecule has 0 bridgehead atoms. The second kappa shape index (κ2) is 47.7. The van der Waals surface area contributed by atoms with Crippen LogP contribution in [0.15, 0.2) is 0 Å². The molecule has 0 aromatic carbocycles. The summed E-state index contributed by atoms with van der Waals surface area (Å²) >= 11 is 0. The van der Waals surface area contributed by atoms with Crippen LogP contribution in [0.25, 0.3) is 0 Å². The van der Waals surface area contributed by atoms with Gasteiger partial charge in [0, 0.05) is 26.4 Å². The molecule has 0 fully saturated rings. The topological polar surface area (TPSA) is 223 Å². The second-order valence-electron chi connectivity index (χ2n) is 8.68. The van der Waals surface area contributed by atoms with Gasteiger partial charge in [-0.2, -0.15) is 0 Å². The average Bonchev–Trinajstić information content (AvgIpc) is 3.00. The van der Waals surface area contributed by atoms with Crippen molar-refractivity contribution < 1.29 is 82.7 Å². The monoisotopic (exact) mass is 1200 g/mol.